The molecule has 39 heavy (non-hydrogen) atoms. The summed E-state index contributed by atoms with van der Waals surface area (Å²) in [6.07, 6.45) is 1.61. The van der Waals surface area contributed by atoms with E-state index in [4.69, 9.17) is 19.2 Å². The molecule has 0 spiro atoms. The minimum atomic E-state index is -0.253. The Hall–Kier alpha value is -3.65. The van der Waals surface area contributed by atoms with Gasteiger partial charge >= 0.3 is 0 Å². The molecule has 1 aromatic heterocycles. The minimum absolute atomic E-state index is 0.0201. The van der Waals surface area contributed by atoms with E-state index >= 15 is 0 Å². The summed E-state index contributed by atoms with van der Waals surface area (Å²) in [5.74, 6) is 2.70. The van der Waals surface area contributed by atoms with Crippen LogP contribution in [0.25, 0.3) is 22.3 Å². The fraction of sp³-hybridized carbons (Fsp3) is 0.323. The van der Waals surface area contributed by atoms with Gasteiger partial charge in [0.25, 0.3) is 5.56 Å². The van der Waals surface area contributed by atoms with Crippen LogP contribution in [0, 0.1) is 6.92 Å². The fourth-order valence-electron chi connectivity index (χ4n) is 4.37. The third-order valence-electron chi connectivity index (χ3n) is 6.20. The second kappa shape index (κ2) is 12.0. The number of hydrogen-bond donors (Lipinski definition) is 0. The van der Waals surface area contributed by atoms with Gasteiger partial charge in [0.15, 0.2) is 17.3 Å². The third-order valence-corrected chi connectivity index (χ3v) is 6.79. The number of nitrogens with zero attached hydrogens (tertiary/aromatic N) is 3. The molecule has 204 valence electrons. The molecule has 0 bridgehead atoms. The molecule has 0 saturated carbocycles. The Kier molecular flexibility index (Phi) is 8.75. The monoisotopic (exact) mass is 591 g/mol. The van der Waals surface area contributed by atoms with Gasteiger partial charge in [0.05, 0.1) is 41.4 Å². The molecule has 0 amide bonds. The zero-order valence-electron chi connectivity index (χ0n) is 23.4. The Balaban J connectivity index is 1.93. The van der Waals surface area contributed by atoms with Gasteiger partial charge in [-0.2, -0.15) is 9.78 Å². The highest BCUT2D eigenvalue weighted by atomic mass is 79.9. The summed E-state index contributed by atoms with van der Waals surface area (Å²) in [5.41, 5.74) is 3.87. The van der Waals surface area contributed by atoms with Crippen molar-refractivity contribution in [2.75, 3.05) is 13.7 Å². The molecule has 0 aliphatic heterocycles. The molecule has 0 aliphatic rings. The van der Waals surface area contributed by atoms with E-state index < -0.39 is 0 Å². The Morgan fingerprint density at radius 2 is 1.82 bits per heavy atom. The molecule has 0 unspecified atom stereocenters. The Bertz CT molecular complexity index is 1590. The molecule has 1 heterocycles. The number of aromatic nitrogens is 2. The van der Waals surface area contributed by atoms with Crippen molar-refractivity contribution in [3.8, 4) is 28.6 Å². The first-order valence-corrected chi connectivity index (χ1v) is 13.8. The Morgan fingerprint density at radius 3 is 2.49 bits per heavy atom. The molecule has 7 nitrogen and oxygen atoms in total. The number of halogens is 1. The highest BCUT2D eigenvalue weighted by Gasteiger charge is 2.19. The van der Waals surface area contributed by atoms with Gasteiger partial charge in [0.1, 0.15) is 5.75 Å². The fourth-order valence-corrected chi connectivity index (χ4v) is 4.93. The van der Waals surface area contributed by atoms with Crippen molar-refractivity contribution in [1.29, 1.82) is 0 Å². The predicted octanol–water partition coefficient (Wildman–Crippen LogP) is 7.33. The number of benzene rings is 3. The van der Waals surface area contributed by atoms with E-state index in [1.54, 1.807) is 19.4 Å². The summed E-state index contributed by atoms with van der Waals surface area (Å²) in [6, 6.07) is 15.1. The number of ether oxygens (including phenoxy) is 3. The second-order valence-electron chi connectivity index (χ2n) is 9.81. The number of hydrogen-bond acceptors (Lipinski definition) is 6. The van der Waals surface area contributed by atoms with E-state index in [1.165, 1.54) is 4.68 Å². The Labute approximate surface area is 237 Å². The zero-order valence-corrected chi connectivity index (χ0v) is 25.0. The van der Waals surface area contributed by atoms with Crippen LogP contribution in [0.2, 0.25) is 0 Å². The first kappa shape index (κ1) is 28.4. The normalized spacial score (nSPS) is 11.6. The molecule has 0 N–H and O–H groups in total. The Morgan fingerprint density at radius 1 is 1.08 bits per heavy atom. The SMILES string of the molecule is CCOc1cc(C=Nn2c(-c3cc(C(C)C)c(OC)cc3C)nc3ccccc3c2=O)cc(Br)c1OC(C)C. The quantitative estimate of drug-likeness (QED) is 0.190. The number of para-hydroxylation sites is 1. The lowest BCUT2D eigenvalue weighted by Gasteiger charge is -2.18. The van der Waals surface area contributed by atoms with Crippen LogP contribution in [0.4, 0.5) is 0 Å². The smallest absolute Gasteiger partial charge is 0.282 e. The minimum Gasteiger partial charge on any atom is -0.496 e. The van der Waals surface area contributed by atoms with E-state index in [-0.39, 0.29) is 17.6 Å². The van der Waals surface area contributed by atoms with Crippen LogP contribution in [-0.2, 0) is 0 Å². The van der Waals surface area contributed by atoms with Crippen LogP contribution in [0.3, 0.4) is 0 Å². The molecule has 4 rings (SSSR count). The number of fused-ring (bicyclic) bond motifs is 1. The second-order valence-corrected chi connectivity index (χ2v) is 10.7. The number of methoxy groups -OCH3 is 1. The van der Waals surface area contributed by atoms with Crippen molar-refractivity contribution in [2.24, 2.45) is 5.10 Å². The van der Waals surface area contributed by atoms with E-state index in [1.807, 2.05) is 70.2 Å². The lowest BCUT2D eigenvalue weighted by atomic mass is 9.96. The maximum atomic E-state index is 13.7. The molecule has 8 heteroatoms. The maximum absolute atomic E-state index is 13.7. The first-order valence-electron chi connectivity index (χ1n) is 13.0. The van der Waals surface area contributed by atoms with E-state index in [0.717, 1.165) is 32.5 Å². The molecular weight excluding hydrogens is 558 g/mol. The van der Waals surface area contributed by atoms with Crippen molar-refractivity contribution >= 4 is 33.0 Å². The van der Waals surface area contributed by atoms with Crippen LogP contribution in [-0.4, -0.2) is 35.7 Å². The summed E-state index contributed by atoms with van der Waals surface area (Å²) < 4.78 is 19.6. The van der Waals surface area contributed by atoms with Gasteiger partial charge in [-0.05, 0) is 103 Å². The van der Waals surface area contributed by atoms with Crippen molar-refractivity contribution in [1.82, 2.24) is 9.66 Å². The van der Waals surface area contributed by atoms with Gasteiger partial charge in [-0.25, -0.2) is 4.98 Å². The van der Waals surface area contributed by atoms with Gasteiger partial charge in [0.2, 0.25) is 0 Å². The molecule has 0 fully saturated rings. The summed E-state index contributed by atoms with van der Waals surface area (Å²) >= 11 is 3.61. The van der Waals surface area contributed by atoms with E-state index in [9.17, 15) is 4.79 Å². The van der Waals surface area contributed by atoms with Crippen LogP contribution < -0.4 is 19.8 Å². The number of aryl methyl sites for hydroxylation is 1. The van der Waals surface area contributed by atoms with Gasteiger partial charge in [-0.15, -0.1) is 0 Å². The maximum Gasteiger partial charge on any atom is 0.282 e. The molecule has 0 saturated heterocycles. The first-order chi connectivity index (χ1) is 18.6. The van der Waals surface area contributed by atoms with Crippen LogP contribution in [0.1, 0.15) is 57.2 Å². The van der Waals surface area contributed by atoms with Crippen molar-refractivity contribution in [3.63, 3.8) is 0 Å². The van der Waals surface area contributed by atoms with Crippen LogP contribution in [0.15, 0.2) is 62.9 Å². The largest absolute Gasteiger partial charge is 0.496 e. The standard InChI is InChI=1S/C31H34BrN3O4/c1-8-38-28-15-21(14-25(32)29(28)39-19(4)5)17-33-35-30(34-26-12-10-9-11-22(26)31(35)36)24-16-23(18(2)3)27(37-7)13-20(24)6/h9-19H,8H2,1-7H3. The summed E-state index contributed by atoms with van der Waals surface area (Å²) in [5, 5.41) is 5.15. The molecule has 0 radical (unpaired) electrons. The van der Waals surface area contributed by atoms with Crippen molar-refractivity contribution in [3.05, 3.63) is 80.0 Å². The molecule has 0 aliphatic carbocycles. The summed E-state index contributed by atoms with van der Waals surface area (Å²) in [6.45, 7) is 12.5. The highest BCUT2D eigenvalue weighted by molar-refractivity contribution is 9.10. The number of rotatable bonds is 9. The van der Waals surface area contributed by atoms with Crippen molar-refractivity contribution in [2.45, 2.75) is 53.6 Å². The summed E-state index contributed by atoms with van der Waals surface area (Å²) in [4.78, 5) is 18.6. The lowest BCUT2D eigenvalue weighted by molar-refractivity contribution is 0.222. The third kappa shape index (κ3) is 6.01. The molecule has 0 atom stereocenters. The predicted molar refractivity (Wildman–Crippen MR) is 161 cm³/mol. The van der Waals surface area contributed by atoms with Crippen LogP contribution in [0.5, 0.6) is 17.2 Å². The summed E-state index contributed by atoms with van der Waals surface area (Å²) in [7, 11) is 1.67. The zero-order chi connectivity index (χ0) is 28.3. The van der Waals surface area contributed by atoms with Gasteiger partial charge in [0, 0.05) is 5.56 Å². The van der Waals surface area contributed by atoms with Gasteiger partial charge in [-0.3, -0.25) is 4.79 Å². The molecular formula is C31H34BrN3O4. The van der Waals surface area contributed by atoms with E-state index in [2.05, 4.69) is 34.9 Å². The van der Waals surface area contributed by atoms with E-state index in [0.29, 0.717) is 34.8 Å². The molecule has 4 aromatic rings. The lowest BCUT2D eigenvalue weighted by Crippen LogP contribution is -2.21. The average molecular weight is 593 g/mol. The topological polar surface area (TPSA) is 74.9 Å². The highest BCUT2D eigenvalue weighted by Crippen LogP contribution is 2.38. The molecule has 3 aromatic carbocycles. The van der Waals surface area contributed by atoms with Gasteiger partial charge < -0.3 is 14.2 Å². The van der Waals surface area contributed by atoms with Crippen LogP contribution >= 0.6 is 15.9 Å². The average Bonchev–Trinajstić information content (AvgIpc) is 2.89. The van der Waals surface area contributed by atoms with Gasteiger partial charge in [-0.1, -0.05) is 26.0 Å². The van der Waals surface area contributed by atoms with Crippen molar-refractivity contribution < 1.29 is 14.2 Å².